The van der Waals surface area contributed by atoms with E-state index in [1.54, 1.807) is 6.92 Å². The predicted octanol–water partition coefficient (Wildman–Crippen LogP) is 1.01. The summed E-state index contributed by atoms with van der Waals surface area (Å²) in [5, 5.41) is 0. The van der Waals surface area contributed by atoms with Gasteiger partial charge >= 0.3 is 5.97 Å². The van der Waals surface area contributed by atoms with Crippen LogP contribution in [0.2, 0.25) is 0 Å². The Hall–Kier alpha value is -0.830. The second-order valence-electron chi connectivity index (χ2n) is 4.15. The zero-order valence-corrected chi connectivity index (χ0v) is 8.96. The summed E-state index contributed by atoms with van der Waals surface area (Å²) in [5.74, 6) is -0.345. The van der Waals surface area contributed by atoms with Crippen LogP contribution >= 0.6 is 0 Å². The quantitative estimate of drug-likeness (QED) is 0.371. The second-order valence-corrected chi connectivity index (χ2v) is 4.15. The Balaban J connectivity index is 3.91. The third kappa shape index (κ3) is 4.68. The molecule has 0 heterocycles. The van der Waals surface area contributed by atoms with Gasteiger partial charge in [-0.25, -0.2) is 4.79 Å². The van der Waals surface area contributed by atoms with Crippen LogP contribution in [0.3, 0.4) is 0 Å². The van der Waals surface area contributed by atoms with Crippen LogP contribution < -0.4 is 0 Å². The summed E-state index contributed by atoms with van der Waals surface area (Å²) < 4.78 is 5.65. The molecule has 1 atom stereocenters. The molecule has 0 aliphatic rings. The van der Waals surface area contributed by atoms with Crippen LogP contribution in [0.4, 0.5) is 0 Å². The highest BCUT2D eigenvalue weighted by Gasteiger charge is 2.20. The molecule has 0 rings (SSSR count). The molecule has 3 nitrogen and oxygen atoms in total. The number of nitrogens with zero attached hydrogens (tertiary/aromatic N) is 1. The third-order valence-electron chi connectivity index (χ3n) is 1.85. The molecule has 0 fully saturated rings. The number of hydrogen-bond donors (Lipinski definition) is 0. The maximum atomic E-state index is 11.0. The minimum absolute atomic E-state index is 0.0447. The largest absolute Gasteiger partial charge is 0.456 e. The van der Waals surface area contributed by atoms with Gasteiger partial charge in [0.05, 0.1) is 21.1 Å². The molecule has 13 heavy (non-hydrogen) atoms. The van der Waals surface area contributed by atoms with E-state index in [0.29, 0.717) is 16.7 Å². The molecule has 0 aliphatic carbocycles. The normalized spacial score (nSPS) is 13.6. The average Bonchev–Trinajstić information content (AvgIpc) is 1.97. The van der Waals surface area contributed by atoms with Crippen molar-refractivity contribution in [3.05, 3.63) is 19.1 Å². The molecule has 0 saturated heterocycles. The van der Waals surface area contributed by atoms with E-state index >= 15 is 0 Å². The van der Waals surface area contributed by atoms with E-state index in [4.69, 9.17) is 4.74 Å². The highest BCUT2D eigenvalue weighted by atomic mass is 16.5. The van der Waals surface area contributed by atoms with Crippen LogP contribution in [0, 0.1) is 6.92 Å². The van der Waals surface area contributed by atoms with Gasteiger partial charge < -0.3 is 9.22 Å². The first kappa shape index (κ1) is 12.2. The summed E-state index contributed by atoms with van der Waals surface area (Å²) >= 11 is 0. The van der Waals surface area contributed by atoms with Crippen molar-refractivity contribution in [1.82, 2.24) is 0 Å². The zero-order chi connectivity index (χ0) is 10.6. The molecule has 1 radical (unpaired) electrons. The van der Waals surface area contributed by atoms with Crippen LogP contribution in [0.5, 0.6) is 0 Å². The summed E-state index contributed by atoms with van der Waals surface area (Å²) in [6.45, 7) is 9.36. The SMILES string of the molecule is [CH2]C(COC(=O)C(=C)C)[N+](C)(C)C. The number of ether oxygens (including phenoxy) is 1. The molecule has 1 unspecified atom stereocenters. The molecular formula is C10H19NO2+. The molecule has 75 valence electrons. The Labute approximate surface area is 80.6 Å². The van der Waals surface area contributed by atoms with E-state index in [2.05, 4.69) is 13.5 Å². The van der Waals surface area contributed by atoms with Crippen molar-refractivity contribution in [2.75, 3.05) is 27.7 Å². The van der Waals surface area contributed by atoms with Gasteiger partial charge in [-0.3, -0.25) is 0 Å². The van der Waals surface area contributed by atoms with Gasteiger partial charge in [0.25, 0.3) is 0 Å². The summed E-state index contributed by atoms with van der Waals surface area (Å²) in [6.07, 6.45) is 0. The molecule has 0 aromatic heterocycles. The van der Waals surface area contributed by atoms with E-state index in [-0.39, 0.29) is 12.0 Å². The van der Waals surface area contributed by atoms with Crippen LogP contribution in [0.15, 0.2) is 12.2 Å². The van der Waals surface area contributed by atoms with Crippen LogP contribution in [-0.4, -0.2) is 44.2 Å². The minimum atomic E-state index is -0.345. The Kier molecular flexibility index (Phi) is 4.14. The fourth-order valence-corrected chi connectivity index (χ4v) is 0.519. The zero-order valence-electron chi connectivity index (χ0n) is 8.96. The predicted molar refractivity (Wildman–Crippen MR) is 53.0 cm³/mol. The first-order chi connectivity index (χ1) is 5.75. The van der Waals surface area contributed by atoms with Crippen molar-refractivity contribution >= 4 is 5.97 Å². The molecule has 0 N–H and O–H groups in total. The van der Waals surface area contributed by atoms with Crippen LogP contribution in [-0.2, 0) is 9.53 Å². The number of rotatable bonds is 4. The Morgan fingerprint density at radius 3 is 2.23 bits per heavy atom. The van der Waals surface area contributed by atoms with Gasteiger partial charge in [0.15, 0.2) is 0 Å². The summed E-state index contributed by atoms with van der Waals surface area (Å²) in [7, 11) is 6.02. The van der Waals surface area contributed by atoms with E-state index in [0.717, 1.165) is 0 Å². The Morgan fingerprint density at radius 1 is 1.46 bits per heavy atom. The van der Waals surface area contributed by atoms with E-state index in [1.165, 1.54) is 0 Å². The lowest BCUT2D eigenvalue weighted by molar-refractivity contribution is -0.890. The Bertz CT molecular complexity index is 203. The lowest BCUT2D eigenvalue weighted by atomic mass is 10.3. The standard InChI is InChI=1S/C10H19NO2/c1-8(2)10(12)13-7-9(3)11(4,5)6/h9H,1,3,7H2,2,4-6H3/q+1. The molecule has 0 aliphatic heterocycles. The lowest BCUT2D eigenvalue weighted by Crippen LogP contribution is -2.46. The summed E-state index contributed by atoms with van der Waals surface area (Å²) in [4.78, 5) is 11.0. The molecule has 0 aromatic rings. The number of carbonyl (C=O) groups excluding carboxylic acids is 1. The van der Waals surface area contributed by atoms with Crippen molar-refractivity contribution in [3.63, 3.8) is 0 Å². The van der Waals surface area contributed by atoms with Crippen molar-refractivity contribution in [2.24, 2.45) is 0 Å². The topological polar surface area (TPSA) is 26.3 Å². The maximum absolute atomic E-state index is 11.0. The number of carbonyl (C=O) groups is 1. The fraction of sp³-hybridized carbons (Fsp3) is 0.600. The fourth-order valence-electron chi connectivity index (χ4n) is 0.519. The van der Waals surface area contributed by atoms with E-state index in [9.17, 15) is 4.79 Å². The average molecular weight is 185 g/mol. The summed E-state index contributed by atoms with van der Waals surface area (Å²) in [6, 6.07) is 0.0447. The van der Waals surface area contributed by atoms with Gasteiger partial charge in [-0.1, -0.05) is 6.58 Å². The first-order valence-electron chi connectivity index (χ1n) is 4.22. The molecule has 3 heteroatoms. The smallest absolute Gasteiger partial charge is 0.333 e. The molecule has 0 spiro atoms. The van der Waals surface area contributed by atoms with E-state index in [1.807, 2.05) is 21.1 Å². The number of likely N-dealkylation sites (N-methyl/N-ethyl adjacent to an activating group) is 1. The Morgan fingerprint density at radius 2 is 1.92 bits per heavy atom. The molecule has 0 saturated carbocycles. The van der Waals surface area contributed by atoms with Crippen molar-refractivity contribution in [3.8, 4) is 0 Å². The van der Waals surface area contributed by atoms with Gasteiger partial charge in [0.1, 0.15) is 12.6 Å². The second kappa shape index (κ2) is 4.42. The van der Waals surface area contributed by atoms with Crippen LogP contribution in [0.25, 0.3) is 0 Å². The van der Waals surface area contributed by atoms with Gasteiger partial charge in [-0.15, -0.1) is 0 Å². The van der Waals surface area contributed by atoms with Gasteiger partial charge in [-0.2, -0.15) is 0 Å². The van der Waals surface area contributed by atoms with E-state index < -0.39 is 0 Å². The highest BCUT2D eigenvalue weighted by molar-refractivity contribution is 5.86. The molecule has 0 bridgehead atoms. The first-order valence-corrected chi connectivity index (χ1v) is 4.22. The van der Waals surface area contributed by atoms with Crippen molar-refractivity contribution < 1.29 is 14.0 Å². The van der Waals surface area contributed by atoms with Gasteiger partial charge in [-0.05, 0) is 6.92 Å². The molecular weight excluding hydrogens is 166 g/mol. The third-order valence-corrected chi connectivity index (χ3v) is 1.85. The molecule has 0 amide bonds. The van der Waals surface area contributed by atoms with Gasteiger partial charge in [0.2, 0.25) is 0 Å². The highest BCUT2D eigenvalue weighted by Crippen LogP contribution is 2.03. The van der Waals surface area contributed by atoms with Crippen LogP contribution in [0.1, 0.15) is 6.92 Å². The monoisotopic (exact) mass is 185 g/mol. The lowest BCUT2D eigenvalue weighted by Gasteiger charge is -2.30. The number of esters is 1. The van der Waals surface area contributed by atoms with Gasteiger partial charge in [0, 0.05) is 12.5 Å². The number of hydrogen-bond acceptors (Lipinski definition) is 2. The number of quaternary nitrogens is 1. The molecule has 0 aromatic carbocycles. The minimum Gasteiger partial charge on any atom is -0.456 e. The summed E-state index contributed by atoms with van der Waals surface area (Å²) in [5.41, 5.74) is 0.425. The maximum Gasteiger partial charge on any atom is 0.333 e. The van der Waals surface area contributed by atoms with Crippen molar-refractivity contribution in [1.29, 1.82) is 0 Å². The van der Waals surface area contributed by atoms with Crippen molar-refractivity contribution in [2.45, 2.75) is 13.0 Å².